The minimum Gasteiger partial charge on any atom is -0.462 e. The average Bonchev–Trinajstić information content (AvgIpc) is 2.88. The van der Waals surface area contributed by atoms with Crippen molar-refractivity contribution in [3.05, 3.63) is 28.2 Å². The zero-order valence-corrected chi connectivity index (χ0v) is 16.2. The summed E-state index contributed by atoms with van der Waals surface area (Å²) in [6.45, 7) is 4.55. The van der Waals surface area contributed by atoms with Crippen LogP contribution in [0.2, 0.25) is 0 Å². The lowest BCUT2D eigenvalue weighted by molar-refractivity contribution is -0.142. The van der Waals surface area contributed by atoms with E-state index in [1.807, 2.05) is 0 Å². The SMILES string of the molecule is C/C=C/C(=O)OCC(=O)Nc1sc(C(=O)N(C)C)c(C)c1C(=O)OCC. The lowest BCUT2D eigenvalue weighted by atomic mass is 10.1. The van der Waals surface area contributed by atoms with Gasteiger partial charge in [0.2, 0.25) is 0 Å². The predicted molar refractivity (Wildman–Crippen MR) is 97.4 cm³/mol. The average molecular weight is 382 g/mol. The van der Waals surface area contributed by atoms with Crippen LogP contribution in [0.5, 0.6) is 0 Å². The first-order valence-corrected chi connectivity index (χ1v) is 8.65. The lowest BCUT2D eigenvalue weighted by Crippen LogP contribution is -2.21. The topological polar surface area (TPSA) is 102 Å². The van der Waals surface area contributed by atoms with Crippen molar-refractivity contribution in [2.45, 2.75) is 20.8 Å². The molecule has 1 aromatic heterocycles. The highest BCUT2D eigenvalue weighted by Gasteiger charge is 2.27. The number of hydrogen-bond donors (Lipinski definition) is 1. The Hall–Kier alpha value is -2.68. The number of anilines is 1. The Labute approximate surface area is 155 Å². The number of esters is 2. The Kier molecular flexibility index (Phi) is 7.98. The Balaban J connectivity index is 3.09. The van der Waals surface area contributed by atoms with Crippen LogP contribution in [0.15, 0.2) is 12.2 Å². The van der Waals surface area contributed by atoms with Crippen molar-refractivity contribution >= 4 is 40.1 Å². The number of nitrogens with one attached hydrogen (secondary N) is 1. The molecule has 0 aliphatic carbocycles. The number of ether oxygens (including phenoxy) is 2. The molecule has 0 aliphatic rings. The van der Waals surface area contributed by atoms with Crippen molar-refractivity contribution in [1.29, 1.82) is 0 Å². The van der Waals surface area contributed by atoms with Crippen LogP contribution in [-0.4, -0.2) is 56.0 Å². The monoisotopic (exact) mass is 382 g/mol. The molecule has 0 spiro atoms. The van der Waals surface area contributed by atoms with Crippen LogP contribution in [0.3, 0.4) is 0 Å². The number of hydrogen-bond acceptors (Lipinski definition) is 7. The van der Waals surface area contributed by atoms with Crippen molar-refractivity contribution in [2.24, 2.45) is 0 Å². The number of nitrogens with zero attached hydrogens (tertiary/aromatic N) is 1. The van der Waals surface area contributed by atoms with Gasteiger partial charge in [-0.05, 0) is 26.3 Å². The van der Waals surface area contributed by atoms with Crippen LogP contribution in [0.4, 0.5) is 5.00 Å². The molecule has 1 aromatic rings. The second-order valence-corrected chi connectivity index (χ2v) is 6.36. The number of carbonyl (C=O) groups excluding carboxylic acids is 4. The van der Waals surface area contributed by atoms with Crippen LogP contribution < -0.4 is 5.32 Å². The number of carbonyl (C=O) groups is 4. The van der Waals surface area contributed by atoms with E-state index in [0.717, 1.165) is 11.3 Å². The maximum Gasteiger partial charge on any atom is 0.341 e. The highest BCUT2D eigenvalue weighted by atomic mass is 32.1. The van der Waals surface area contributed by atoms with Gasteiger partial charge in [0.05, 0.1) is 17.0 Å². The quantitative estimate of drug-likeness (QED) is 0.572. The molecular formula is C17H22N2O6S. The van der Waals surface area contributed by atoms with Crippen molar-refractivity contribution in [3.8, 4) is 0 Å². The Morgan fingerprint density at radius 1 is 1.19 bits per heavy atom. The summed E-state index contributed by atoms with van der Waals surface area (Å²) in [6, 6.07) is 0. The van der Waals surface area contributed by atoms with E-state index >= 15 is 0 Å². The maximum absolute atomic E-state index is 12.3. The summed E-state index contributed by atoms with van der Waals surface area (Å²) in [5.41, 5.74) is 0.545. The molecule has 0 saturated heterocycles. The van der Waals surface area contributed by atoms with E-state index < -0.39 is 24.5 Å². The molecule has 26 heavy (non-hydrogen) atoms. The smallest absolute Gasteiger partial charge is 0.341 e. The van der Waals surface area contributed by atoms with Gasteiger partial charge in [-0.15, -0.1) is 11.3 Å². The fourth-order valence-electron chi connectivity index (χ4n) is 1.94. The van der Waals surface area contributed by atoms with Gasteiger partial charge >= 0.3 is 11.9 Å². The van der Waals surface area contributed by atoms with Gasteiger partial charge in [0.25, 0.3) is 11.8 Å². The number of rotatable bonds is 7. The Bertz CT molecular complexity index is 736. The second kappa shape index (κ2) is 9.71. The van der Waals surface area contributed by atoms with Gasteiger partial charge in [-0.2, -0.15) is 0 Å². The first kappa shape index (κ1) is 21.4. The molecule has 0 radical (unpaired) electrons. The van der Waals surface area contributed by atoms with Crippen molar-refractivity contribution in [1.82, 2.24) is 4.90 Å². The molecule has 0 fully saturated rings. The molecule has 1 rings (SSSR count). The first-order chi connectivity index (χ1) is 12.2. The normalized spacial score (nSPS) is 10.5. The minimum absolute atomic E-state index is 0.121. The summed E-state index contributed by atoms with van der Waals surface area (Å²) in [7, 11) is 3.18. The van der Waals surface area contributed by atoms with E-state index in [4.69, 9.17) is 9.47 Å². The van der Waals surface area contributed by atoms with Crippen LogP contribution in [-0.2, 0) is 19.1 Å². The summed E-state index contributed by atoms with van der Waals surface area (Å²) in [6.07, 6.45) is 2.67. The highest BCUT2D eigenvalue weighted by molar-refractivity contribution is 7.18. The lowest BCUT2D eigenvalue weighted by Gasteiger charge is -2.09. The summed E-state index contributed by atoms with van der Waals surface area (Å²) in [4.78, 5) is 49.5. The highest BCUT2D eigenvalue weighted by Crippen LogP contribution is 2.34. The molecule has 2 amide bonds. The molecule has 0 saturated carbocycles. The van der Waals surface area contributed by atoms with Gasteiger partial charge in [0, 0.05) is 20.2 Å². The molecule has 9 heteroatoms. The second-order valence-electron chi connectivity index (χ2n) is 5.34. The van der Waals surface area contributed by atoms with Crippen molar-refractivity contribution < 1.29 is 28.7 Å². The van der Waals surface area contributed by atoms with E-state index in [0.29, 0.717) is 10.4 Å². The predicted octanol–water partition coefficient (Wildman–Crippen LogP) is 1.99. The van der Waals surface area contributed by atoms with E-state index in [1.54, 1.807) is 34.9 Å². The zero-order valence-electron chi connectivity index (χ0n) is 15.4. The van der Waals surface area contributed by atoms with E-state index in [2.05, 4.69) is 5.32 Å². The van der Waals surface area contributed by atoms with Gasteiger partial charge in [0.1, 0.15) is 5.00 Å². The van der Waals surface area contributed by atoms with Gasteiger partial charge in [-0.3, -0.25) is 9.59 Å². The molecule has 1 heterocycles. The van der Waals surface area contributed by atoms with Crippen LogP contribution >= 0.6 is 11.3 Å². The fourth-order valence-corrected chi connectivity index (χ4v) is 3.17. The molecule has 0 aromatic carbocycles. The standard InChI is InChI=1S/C17H22N2O6S/c1-6-8-12(21)25-9-11(20)18-15-13(17(23)24-7-2)10(3)14(26-15)16(22)19(4)5/h6,8H,7,9H2,1-5H3,(H,18,20)/b8-6+. The van der Waals surface area contributed by atoms with E-state index in [9.17, 15) is 19.2 Å². The Morgan fingerprint density at radius 3 is 2.38 bits per heavy atom. The molecule has 8 nitrogen and oxygen atoms in total. The van der Waals surface area contributed by atoms with Crippen molar-refractivity contribution in [2.75, 3.05) is 32.6 Å². The third-order valence-electron chi connectivity index (χ3n) is 3.13. The molecule has 0 atom stereocenters. The molecule has 142 valence electrons. The minimum atomic E-state index is -0.654. The van der Waals surface area contributed by atoms with Gasteiger partial charge in [0.15, 0.2) is 6.61 Å². The summed E-state index contributed by atoms with van der Waals surface area (Å²) < 4.78 is 9.77. The molecule has 0 bridgehead atoms. The van der Waals surface area contributed by atoms with Crippen LogP contribution in [0, 0.1) is 6.92 Å². The van der Waals surface area contributed by atoms with Gasteiger partial charge in [-0.1, -0.05) is 6.08 Å². The summed E-state index contributed by atoms with van der Waals surface area (Å²) in [5.74, 6) is -2.21. The zero-order chi connectivity index (χ0) is 19.9. The van der Waals surface area contributed by atoms with Gasteiger partial charge < -0.3 is 19.7 Å². The largest absolute Gasteiger partial charge is 0.462 e. The first-order valence-electron chi connectivity index (χ1n) is 7.84. The third-order valence-corrected chi connectivity index (χ3v) is 4.32. The maximum atomic E-state index is 12.3. The van der Waals surface area contributed by atoms with Crippen molar-refractivity contribution in [3.63, 3.8) is 0 Å². The Morgan fingerprint density at radius 2 is 1.85 bits per heavy atom. The number of allylic oxidation sites excluding steroid dienone is 1. The fraction of sp³-hybridized carbons (Fsp3) is 0.412. The van der Waals surface area contributed by atoms with Crippen LogP contribution in [0.25, 0.3) is 0 Å². The van der Waals surface area contributed by atoms with E-state index in [1.165, 1.54) is 17.1 Å². The molecule has 0 unspecified atom stereocenters. The van der Waals surface area contributed by atoms with Crippen LogP contribution in [0.1, 0.15) is 39.4 Å². The summed E-state index contributed by atoms with van der Waals surface area (Å²) in [5, 5.41) is 2.69. The van der Waals surface area contributed by atoms with E-state index in [-0.39, 0.29) is 23.1 Å². The third kappa shape index (κ3) is 5.41. The van der Waals surface area contributed by atoms with Gasteiger partial charge in [-0.25, -0.2) is 9.59 Å². The number of thiophene rings is 1. The molecule has 1 N–H and O–H groups in total. The molecular weight excluding hydrogens is 360 g/mol. The number of amides is 2. The summed E-state index contributed by atoms with van der Waals surface area (Å²) >= 11 is 0.971. The molecule has 0 aliphatic heterocycles.